The van der Waals surface area contributed by atoms with Crippen LogP contribution >= 0.6 is 0 Å². The molecule has 0 aliphatic heterocycles. The van der Waals surface area contributed by atoms with Crippen LogP contribution in [0.5, 0.6) is 0 Å². The minimum atomic E-state index is 0.199. The van der Waals surface area contributed by atoms with Crippen LogP contribution in [0.15, 0.2) is 0 Å². The van der Waals surface area contributed by atoms with Crippen LogP contribution < -0.4 is 5.32 Å². The van der Waals surface area contributed by atoms with Crippen molar-refractivity contribution in [3.8, 4) is 12.3 Å². The molecule has 0 aromatic heterocycles. The molecule has 0 amide bonds. The van der Waals surface area contributed by atoms with Gasteiger partial charge in [0.1, 0.15) is 0 Å². The van der Waals surface area contributed by atoms with Crippen molar-refractivity contribution >= 4 is 0 Å². The lowest BCUT2D eigenvalue weighted by atomic mass is 9.68. The second kappa shape index (κ2) is 3.25. The number of nitrogens with one attached hydrogen (secondary N) is 1. The second-order valence-corrected chi connectivity index (χ2v) is 6.40. The topological polar surface area (TPSA) is 12.0 Å². The molecular weight excluding hydrogens is 182 g/mol. The van der Waals surface area contributed by atoms with Gasteiger partial charge in [0, 0.05) is 6.04 Å². The first-order valence-corrected chi connectivity index (χ1v) is 6.12. The summed E-state index contributed by atoms with van der Waals surface area (Å²) in [6, 6.07) is 0.792. The SMILES string of the molecule is C#CC(C)NC1C2(C)CCC(C2)C1(C)C. The Bertz CT molecular complexity index is 294. The summed E-state index contributed by atoms with van der Waals surface area (Å²) in [6.07, 6.45) is 9.63. The van der Waals surface area contributed by atoms with Crippen molar-refractivity contribution in [2.24, 2.45) is 16.7 Å². The monoisotopic (exact) mass is 205 g/mol. The molecule has 2 fully saturated rings. The zero-order valence-corrected chi connectivity index (χ0v) is 10.4. The van der Waals surface area contributed by atoms with Gasteiger partial charge in [0.2, 0.25) is 0 Å². The fourth-order valence-corrected chi connectivity index (χ4v) is 4.02. The van der Waals surface area contributed by atoms with Crippen molar-refractivity contribution < 1.29 is 0 Å². The Labute approximate surface area is 94.0 Å². The van der Waals surface area contributed by atoms with Crippen molar-refractivity contribution in [3.05, 3.63) is 0 Å². The standard InChI is InChI=1S/C14H23N/c1-6-10(2)15-12-13(3,4)11-7-8-14(12,5)9-11/h1,10-12,15H,7-9H2,2-5H3. The van der Waals surface area contributed by atoms with Gasteiger partial charge in [0.15, 0.2) is 0 Å². The second-order valence-electron chi connectivity index (χ2n) is 6.40. The summed E-state index contributed by atoms with van der Waals surface area (Å²) in [7, 11) is 0. The highest BCUT2D eigenvalue weighted by molar-refractivity contribution is 5.14. The van der Waals surface area contributed by atoms with Crippen molar-refractivity contribution in [2.75, 3.05) is 0 Å². The van der Waals surface area contributed by atoms with Gasteiger partial charge in [-0.3, -0.25) is 0 Å². The van der Waals surface area contributed by atoms with E-state index < -0.39 is 0 Å². The number of terminal acetylenes is 1. The summed E-state index contributed by atoms with van der Waals surface area (Å²) in [5.74, 6) is 3.69. The first kappa shape index (κ1) is 11.0. The summed E-state index contributed by atoms with van der Waals surface area (Å²) < 4.78 is 0. The van der Waals surface area contributed by atoms with Crippen molar-refractivity contribution in [1.82, 2.24) is 5.32 Å². The number of hydrogen-bond acceptors (Lipinski definition) is 1. The Kier molecular flexibility index (Phi) is 2.39. The molecule has 2 bridgehead atoms. The average molecular weight is 205 g/mol. The predicted octanol–water partition coefficient (Wildman–Crippen LogP) is 2.81. The molecule has 0 aromatic carbocycles. The predicted molar refractivity (Wildman–Crippen MR) is 64.4 cm³/mol. The first-order valence-electron chi connectivity index (χ1n) is 6.12. The summed E-state index contributed by atoms with van der Waals surface area (Å²) in [4.78, 5) is 0. The van der Waals surface area contributed by atoms with Crippen LogP contribution in [0.1, 0.15) is 47.0 Å². The van der Waals surface area contributed by atoms with E-state index in [-0.39, 0.29) is 6.04 Å². The molecule has 2 aliphatic rings. The van der Waals surface area contributed by atoms with Gasteiger partial charge in [-0.2, -0.15) is 0 Å². The van der Waals surface area contributed by atoms with E-state index in [1.54, 1.807) is 0 Å². The van der Waals surface area contributed by atoms with Gasteiger partial charge in [-0.25, -0.2) is 0 Å². The average Bonchev–Trinajstić information content (AvgIpc) is 2.63. The van der Waals surface area contributed by atoms with E-state index in [4.69, 9.17) is 6.42 Å². The summed E-state index contributed by atoms with van der Waals surface area (Å²) in [5, 5.41) is 3.65. The molecule has 2 saturated carbocycles. The van der Waals surface area contributed by atoms with E-state index in [1.807, 2.05) is 0 Å². The summed E-state index contributed by atoms with van der Waals surface area (Å²) in [6.45, 7) is 9.33. The molecule has 1 heteroatoms. The van der Waals surface area contributed by atoms with Gasteiger partial charge in [-0.05, 0) is 42.9 Å². The van der Waals surface area contributed by atoms with Gasteiger partial charge in [-0.1, -0.05) is 26.7 Å². The largest absolute Gasteiger partial charge is 0.300 e. The maximum Gasteiger partial charge on any atom is 0.0660 e. The third-order valence-corrected chi connectivity index (χ3v) is 4.94. The Hall–Kier alpha value is -0.480. The Morgan fingerprint density at radius 3 is 2.53 bits per heavy atom. The van der Waals surface area contributed by atoms with Gasteiger partial charge in [-0.15, -0.1) is 6.42 Å². The molecule has 4 unspecified atom stereocenters. The Balaban J connectivity index is 2.20. The van der Waals surface area contributed by atoms with Crippen LogP contribution in [-0.4, -0.2) is 12.1 Å². The molecule has 4 atom stereocenters. The van der Waals surface area contributed by atoms with E-state index in [0.29, 0.717) is 16.9 Å². The Morgan fingerprint density at radius 2 is 2.07 bits per heavy atom. The minimum absolute atomic E-state index is 0.199. The summed E-state index contributed by atoms with van der Waals surface area (Å²) >= 11 is 0. The molecule has 0 saturated heterocycles. The molecule has 1 nitrogen and oxygen atoms in total. The highest BCUT2D eigenvalue weighted by Gasteiger charge is 2.59. The zero-order valence-electron chi connectivity index (χ0n) is 10.4. The highest BCUT2D eigenvalue weighted by atomic mass is 15.0. The lowest BCUT2D eigenvalue weighted by Crippen LogP contribution is -2.52. The van der Waals surface area contributed by atoms with Crippen LogP contribution in [0.25, 0.3) is 0 Å². The lowest BCUT2D eigenvalue weighted by Gasteiger charge is -2.44. The molecular formula is C14H23N. The minimum Gasteiger partial charge on any atom is -0.300 e. The van der Waals surface area contributed by atoms with Crippen LogP contribution in [0.3, 0.4) is 0 Å². The molecule has 1 N–H and O–H groups in total. The molecule has 2 rings (SSSR count). The number of rotatable bonds is 2. The third kappa shape index (κ3) is 1.51. The number of hydrogen-bond donors (Lipinski definition) is 1. The van der Waals surface area contributed by atoms with Gasteiger partial charge < -0.3 is 5.32 Å². The van der Waals surface area contributed by atoms with Crippen molar-refractivity contribution in [1.29, 1.82) is 0 Å². The van der Waals surface area contributed by atoms with Gasteiger partial charge in [0.05, 0.1) is 6.04 Å². The molecule has 0 radical (unpaired) electrons. The fraction of sp³-hybridized carbons (Fsp3) is 0.857. The maximum absolute atomic E-state index is 5.47. The lowest BCUT2D eigenvalue weighted by molar-refractivity contribution is 0.106. The quantitative estimate of drug-likeness (QED) is 0.684. The van der Waals surface area contributed by atoms with Crippen LogP contribution in [0.4, 0.5) is 0 Å². The molecule has 15 heavy (non-hydrogen) atoms. The third-order valence-electron chi connectivity index (χ3n) is 4.94. The smallest absolute Gasteiger partial charge is 0.0660 e. The van der Waals surface area contributed by atoms with Crippen molar-refractivity contribution in [3.63, 3.8) is 0 Å². The van der Waals surface area contributed by atoms with E-state index in [0.717, 1.165) is 5.92 Å². The molecule has 0 aromatic rings. The fourth-order valence-electron chi connectivity index (χ4n) is 4.02. The molecule has 0 heterocycles. The zero-order chi connectivity index (χ0) is 11.3. The number of fused-ring (bicyclic) bond motifs is 2. The van der Waals surface area contributed by atoms with E-state index >= 15 is 0 Å². The van der Waals surface area contributed by atoms with Crippen LogP contribution in [-0.2, 0) is 0 Å². The highest BCUT2D eigenvalue weighted by Crippen LogP contribution is 2.62. The van der Waals surface area contributed by atoms with Crippen molar-refractivity contribution in [2.45, 2.75) is 59.0 Å². The van der Waals surface area contributed by atoms with Crippen LogP contribution in [0.2, 0.25) is 0 Å². The Morgan fingerprint density at radius 1 is 1.40 bits per heavy atom. The van der Waals surface area contributed by atoms with Crippen LogP contribution in [0, 0.1) is 29.1 Å². The molecule has 84 valence electrons. The first-order chi connectivity index (χ1) is 6.90. The van der Waals surface area contributed by atoms with E-state index in [1.165, 1.54) is 19.3 Å². The molecule has 0 spiro atoms. The van der Waals surface area contributed by atoms with E-state index in [2.05, 4.69) is 38.9 Å². The van der Waals surface area contributed by atoms with Gasteiger partial charge in [0.25, 0.3) is 0 Å². The summed E-state index contributed by atoms with van der Waals surface area (Å²) in [5.41, 5.74) is 0.900. The van der Waals surface area contributed by atoms with Gasteiger partial charge >= 0.3 is 0 Å². The van der Waals surface area contributed by atoms with E-state index in [9.17, 15) is 0 Å². The molecule has 2 aliphatic carbocycles. The normalized spacial score (nSPS) is 43.9. The maximum atomic E-state index is 5.47.